The third kappa shape index (κ3) is 6.01. The second kappa shape index (κ2) is 10.7. The monoisotopic (exact) mass is 423 g/mol. The van der Waals surface area contributed by atoms with E-state index in [1.165, 1.54) is 23.3 Å². The first-order valence-corrected chi connectivity index (χ1v) is 11.7. The molecular weight excluding hydrogens is 388 g/mol. The molecule has 1 saturated heterocycles. The summed E-state index contributed by atoms with van der Waals surface area (Å²) in [5.74, 6) is 2.02. The highest BCUT2D eigenvalue weighted by atomic mass is 16.5. The number of ether oxygens (including phenoxy) is 2. The molecule has 0 spiro atoms. The minimum Gasteiger partial charge on any atom is -0.493 e. The van der Waals surface area contributed by atoms with Gasteiger partial charge in [0.15, 0.2) is 11.5 Å². The zero-order valence-electron chi connectivity index (χ0n) is 18.6. The maximum absolute atomic E-state index is 12.6. The van der Waals surface area contributed by atoms with Gasteiger partial charge < -0.3 is 19.7 Å². The molecule has 166 valence electrons. The van der Waals surface area contributed by atoms with Crippen LogP contribution in [0.25, 0.3) is 0 Å². The number of hydrogen-bond donors (Lipinski definition) is 2. The SMILES string of the molecule is COc1cc(C[NH+]2CCC(C(=O)NC3CCCC3)CC2)ccc1OCc1ccccc1. The maximum Gasteiger partial charge on any atom is 0.223 e. The lowest BCUT2D eigenvalue weighted by Crippen LogP contribution is -3.11. The van der Waals surface area contributed by atoms with Crippen LogP contribution in [0.3, 0.4) is 0 Å². The van der Waals surface area contributed by atoms with Crippen LogP contribution in [0, 0.1) is 5.92 Å². The summed E-state index contributed by atoms with van der Waals surface area (Å²) >= 11 is 0. The minimum atomic E-state index is 0.188. The molecule has 5 nitrogen and oxygen atoms in total. The van der Waals surface area contributed by atoms with Gasteiger partial charge in [-0.1, -0.05) is 43.2 Å². The Hall–Kier alpha value is -2.53. The molecule has 0 atom stereocenters. The predicted octanol–water partition coefficient (Wildman–Crippen LogP) is 3.13. The Kier molecular flexibility index (Phi) is 7.47. The predicted molar refractivity (Wildman–Crippen MR) is 121 cm³/mol. The number of methoxy groups -OCH3 is 1. The Balaban J connectivity index is 1.27. The Morgan fingerprint density at radius 1 is 0.968 bits per heavy atom. The molecule has 1 heterocycles. The van der Waals surface area contributed by atoms with Gasteiger partial charge in [-0.3, -0.25) is 4.79 Å². The standard InChI is InChI=1S/C26H34N2O3/c1-30-25-17-21(11-12-24(25)31-19-20-7-3-2-4-8-20)18-28-15-13-22(14-16-28)26(29)27-23-9-5-6-10-23/h2-4,7-8,11-12,17,22-23H,5-6,9-10,13-16,18-19H2,1H3,(H,27,29)/p+1. The van der Waals surface area contributed by atoms with Crippen molar-refractivity contribution < 1.29 is 19.2 Å². The van der Waals surface area contributed by atoms with Crippen molar-refractivity contribution in [2.45, 2.75) is 57.7 Å². The molecule has 2 N–H and O–H groups in total. The molecule has 0 aromatic heterocycles. The maximum atomic E-state index is 12.6. The first-order valence-electron chi connectivity index (χ1n) is 11.7. The van der Waals surface area contributed by atoms with Gasteiger partial charge in [-0.15, -0.1) is 0 Å². The summed E-state index contributed by atoms with van der Waals surface area (Å²) in [4.78, 5) is 14.1. The van der Waals surface area contributed by atoms with Crippen LogP contribution in [0.5, 0.6) is 11.5 Å². The van der Waals surface area contributed by atoms with Crippen LogP contribution in [-0.4, -0.2) is 32.1 Å². The van der Waals surface area contributed by atoms with Crippen molar-refractivity contribution in [1.29, 1.82) is 0 Å². The first kappa shape index (κ1) is 21.7. The average Bonchev–Trinajstić information content (AvgIpc) is 3.32. The van der Waals surface area contributed by atoms with Crippen LogP contribution < -0.4 is 19.7 Å². The summed E-state index contributed by atoms with van der Waals surface area (Å²) in [7, 11) is 1.69. The second-order valence-corrected chi connectivity index (χ2v) is 8.95. The Morgan fingerprint density at radius 2 is 1.71 bits per heavy atom. The zero-order chi connectivity index (χ0) is 21.5. The number of benzene rings is 2. The Labute approximate surface area is 185 Å². The fourth-order valence-electron chi connectivity index (χ4n) is 4.82. The van der Waals surface area contributed by atoms with Crippen LogP contribution in [-0.2, 0) is 17.9 Å². The van der Waals surface area contributed by atoms with Crippen LogP contribution in [0.15, 0.2) is 48.5 Å². The topological polar surface area (TPSA) is 52.0 Å². The summed E-state index contributed by atoms with van der Waals surface area (Å²) < 4.78 is 11.6. The molecule has 0 radical (unpaired) electrons. The van der Waals surface area contributed by atoms with Crippen molar-refractivity contribution in [3.63, 3.8) is 0 Å². The number of likely N-dealkylation sites (tertiary alicyclic amines) is 1. The Bertz CT molecular complexity index is 841. The lowest BCUT2D eigenvalue weighted by Gasteiger charge is -2.29. The minimum absolute atomic E-state index is 0.188. The van der Waals surface area contributed by atoms with Crippen molar-refractivity contribution >= 4 is 5.91 Å². The molecule has 5 heteroatoms. The van der Waals surface area contributed by atoms with Crippen molar-refractivity contribution in [1.82, 2.24) is 5.32 Å². The van der Waals surface area contributed by atoms with E-state index in [0.29, 0.717) is 12.6 Å². The normalized spacial score (nSPS) is 21.6. The van der Waals surface area contributed by atoms with Gasteiger partial charge in [-0.05, 0) is 36.6 Å². The van der Waals surface area contributed by atoms with E-state index in [-0.39, 0.29) is 11.8 Å². The number of carbonyl (C=O) groups is 1. The smallest absolute Gasteiger partial charge is 0.223 e. The molecule has 1 amide bonds. The quantitative estimate of drug-likeness (QED) is 0.686. The number of hydrogen-bond acceptors (Lipinski definition) is 3. The van der Waals surface area contributed by atoms with Crippen LogP contribution in [0.1, 0.15) is 49.7 Å². The van der Waals surface area contributed by atoms with E-state index in [0.717, 1.165) is 62.4 Å². The number of nitrogens with one attached hydrogen (secondary N) is 2. The number of piperidine rings is 1. The van der Waals surface area contributed by atoms with E-state index in [9.17, 15) is 4.79 Å². The highest BCUT2D eigenvalue weighted by Crippen LogP contribution is 2.29. The van der Waals surface area contributed by atoms with Crippen LogP contribution in [0.2, 0.25) is 0 Å². The fourth-order valence-corrected chi connectivity index (χ4v) is 4.82. The van der Waals surface area contributed by atoms with E-state index in [2.05, 4.69) is 29.6 Å². The third-order valence-corrected chi connectivity index (χ3v) is 6.68. The lowest BCUT2D eigenvalue weighted by atomic mass is 9.95. The molecule has 1 saturated carbocycles. The number of carbonyl (C=O) groups excluding carboxylic acids is 1. The molecule has 4 rings (SSSR count). The van der Waals surface area contributed by atoms with Gasteiger partial charge in [-0.2, -0.15) is 0 Å². The number of amides is 1. The molecule has 0 unspecified atom stereocenters. The Morgan fingerprint density at radius 3 is 2.42 bits per heavy atom. The van der Waals surface area contributed by atoms with Gasteiger partial charge in [-0.25, -0.2) is 0 Å². The summed E-state index contributed by atoms with van der Waals surface area (Å²) in [6, 6.07) is 16.8. The van der Waals surface area contributed by atoms with E-state index >= 15 is 0 Å². The molecule has 1 aliphatic carbocycles. The van der Waals surface area contributed by atoms with E-state index in [1.807, 2.05) is 24.3 Å². The average molecular weight is 424 g/mol. The van der Waals surface area contributed by atoms with Crippen LogP contribution in [0.4, 0.5) is 0 Å². The highest BCUT2D eigenvalue weighted by molar-refractivity contribution is 5.79. The van der Waals surface area contributed by atoms with Crippen molar-refractivity contribution in [2.24, 2.45) is 5.92 Å². The molecular formula is C26H35N2O3+. The van der Waals surface area contributed by atoms with E-state index in [4.69, 9.17) is 9.47 Å². The first-order chi connectivity index (χ1) is 15.2. The fraction of sp³-hybridized carbons (Fsp3) is 0.500. The molecule has 31 heavy (non-hydrogen) atoms. The third-order valence-electron chi connectivity index (χ3n) is 6.68. The highest BCUT2D eigenvalue weighted by Gasteiger charge is 2.29. The molecule has 2 fully saturated rings. The molecule has 0 bridgehead atoms. The van der Waals surface area contributed by atoms with Gasteiger partial charge in [0.1, 0.15) is 13.2 Å². The van der Waals surface area contributed by atoms with Crippen LogP contribution >= 0.6 is 0 Å². The second-order valence-electron chi connectivity index (χ2n) is 8.95. The molecule has 2 aromatic carbocycles. The number of rotatable bonds is 8. The largest absolute Gasteiger partial charge is 0.493 e. The number of quaternary nitrogens is 1. The van der Waals surface area contributed by atoms with Crippen molar-refractivity contribution in [2.75, 3.05) is 20.2 Å². The molecule has 2 aliphatic rings. The van der Waals surface area contributed by atoms with Gasteiger partial charge in [0.25, 0.3) is 0 Å². The summed E-state index contributed by atoms with van der Waals surface area (Å²) in [6.07, 6.45) is 6.78. The van der Waals surface area contributed by atoms with Gasteiger partial charge >= 0.3 is 0 Å². The van der Waals surface area contributed by atoms with Gasteiger partial charge in [0.2, 0.25) is 5.91 Å². The summed E-state index contributed by atoms with van der Waals surface area (Å²) in [6.45, 7) is 3.55. The van der Waals surface area contributed by atoms with E-state index < -0.39 is 0 Å². The molecule has 1 aliphatic heterocycles. The zero-order valence-corrected chi connectivity index (χ0v) is 18.6. The van der Waals surface area contributed by atoms with Gasteiger partial charge in [0, 0.05) is 30.4 Å². The van der Waals surface area contributed by atoms with Gasteiger partial charge in [0.05, 0.1) is 20.2 Å². The van der Waals surface area contributed by atoms with E-state index in [1.54, 1.807) is 7.11 Å². The van der Waals surface area contributed by atoms with Crippen molar-refractivity contribution in [3.05, 3.63) is 59.7 Å². The lowest BCUT2D eigenvalue weighted by molar-refractivity contribution is -0.919. The van der Waals surface area contributed by atoms with Crippen molar-refractivity contribution in [3.8, 4) is 11.5 Å². The summed E-state index contributed by atoms with van der Waals surface area (Å²) in [5, 5.41) is 3.28. The summed E-state index contributed by atoms with van der Waals surface area (Å²) in [5.41, 5.74) is 2.38. The molecule has 2 aromatic rings.